The van der Waals surface area contributed by atoms with Crippen molar-refractivity contribution in [3.05, 3.63) is 69.7 Å². The van der Waals surface area contributed by atoms with Crippen molar-refractivity contribution in [3.8, 4) is 6.07 Å². The van der Waals surface area contributed by atoms with Crippen molar-refractivity contribution >= 4 is 38.7 Å². The van der Waals surface area contributed by atoms with Gasteiger partial charge in [0.25, 0.3) is 0 Å². The van der Waals surface area contributed by atoms with Gasteiger partial charge in [-0.1, -0.05) is 35.3 Å². The molecule has 0 aliphatic carbocycles. The van der Waals surface area contributed by atoms with Crippen LogP contribution in [0.1, 0.15) is 0 Å². The monoisotopic (exact) mass is 352 g/mol. The van der Waals surface area contributed by atoms with Gasteiger partial charge in [-0.3, -0.25) is 0 Å². The van der Waals surface area contributed by atoms with Crippen LogP contribution in [0, 0.1) is 11.3 Å². The van der Waals surface area contributed by atoms with Gasteiger partial charge in [0.1, 0.15) is 6.07 Å². The highest BCUT2D eigenvalue weighted by Gasteiger charge is 2.20. The molecule has 0 saturated heterocycles. The Labute approximate surface area is 138 Å². The first-order chi connectivity index (χ1) is 10.4. The summed E-state index contributed by atoms with van der Waals surface area (Å²) in [5, 5.41) is 12.7. The molecule has 0 saturated carbocycles. The number of sulfone groups is 1. The van der Waals surface area contributed by atoms with E-state index in [4.69, 9.17) is 28.5 Å². The van der Waals surface area contributed by atoms with E-state index in [9.17, 15) is 8.42 Å². The third-order valence-electron chi connectivity index (χ3n) is 2.76. The summed E-state index contributed by atoms with van der Waals surface area (Å²) in [7, 11) is -3.92. The van der Waals surface area contributed by atoms with Gasteiger partial charge in [0, 0.05) is 11.2 Å². The lowest BCUT2D eigenvalue weighted by Crippen LogP contribution is -2.05. The third-order valence-corrected chi connectivity index (χ3v) is 5.02. The summed E-state index contributed by atoms with van der Waals surface area (Å²) in [5.74, 6) is 0. The highest BCUT2D eigenvalue weighted by atomic mass is 35.5. The number of benzene rings is 2. The Morgan fingerprint density at radius 2 is 1.73 bits per heavy atom. The predicted molar refractivity (Wildman–Crippen MR) is 87.4 cm³/mol. The molecule has 0 radical (unpaired) electrons. The zero-order valence-corrected chi connectivity index (χ0v) is 13.5. The Balaban J connectivity index is 2.35. The topological polar surface area (TPSA) is 70.0 Å². The lowest BCUT2D eigenvalue weighted by Gasteiger charge is -2.06. The average molecular weight is 353 g/mol. The smallest absolute Gasteiger partial charge is 0.218 e. The minimum absolute atomic E-state index is 0.00865. The second-order valence-electron chi connectivity index (χ2n) is 4.20. The lowest BCUT2D eigenvalue weighted by atomic mass is 10.3. The number of hydrogen-bond acceptors (Lipinski definition) is 4. The van der Waals surface area contributed by atoms with Crippen molar-refractivity contribution in [2.45, 2.75) is 4.90 Å². The van der Waals surface area contributed by atoms with E-state index in [1.807, 2.05) is 0 Å². The van der Waals surface area contributed by atoms with Crippen molar-refractivity contribution in [1.82, 2.24) is 0 Å². The number of halogens is 2. The van der Waals surface area contributed by atoms with Crippen molar-refractivity contribution in [2.24, 2.45) is 0 Å². The standard InChI is InChI=1S/C15H10Cl2N2O2S/c16-11-5-7-12(8-6-11)22(20,21)13(9-18)10-19-15-4-2-1-3-14(15)17/h1-8,10,19H. The van der Waals surface area contributed by atoms with Crippen LogP contribution in [0.2, 0.25) is 10.0 Å². The van der Waals surface area contributed by atoms with Gasteiger partial charge in [-0.25, -0.2) is 8.42 Å². The number of nitrogens with one attached hydrogen (secondary N) is 1. The van der Waals surface area contributed by atoms with Crippen LogP contribution >= 0.6 is 23.2 Å². The number of rotatable bonds is 4. The fourth-order valence-corrected chi connectivity index (χ4v) is 3.03. The molecule has 0 aliphatic rings. The van der Waals surface area contributed by atoms with E-state index < -0.39 is 14.7 Å². The first kappa shape index (κ1) is 16.4. The molecule has 2 rings (SSSR count). The second kappa shape index (κ2) is 6.84. The maximum absolute atomic E-state index is 12.4. The molecule has 0 amide bonds. The van der Waals surface area contributed by atoms with Gasteiger partial charge in [-0.2, -0.15) is 5.26 Å². The molecule has 0 spiro atoms. The van der Waals surface area contributed by atoms with Gasteiger partial charge in [-0.05, 0) is 36.4 Å². The quantitative estimate of drug-likeness (QED) is 0.835. The van der Waals surface area contributed by atoms with Gasteiger partial charge in [0.2, 0.25) is 9.84 Å². The maximum Gasteiger partial charge on any atom is 0.218 e. The first-order valence-electron chi connectivity index (χ1n) is 6.07. The molecule has 4 nitrogen and oxygen atoms in total. The Hall–Kier alpha value is -2.00. The number of nitrogens with zero attached hydrogens (tertiary/aromatic N) is 1. The largest absolute Gasteiger partial charge is 0.359 e. The minimum Gasteiger partial charge on any atom is -0.359 e. The normalized spacial score (nSPS) is 11.8. The van der Waals surface area contributed by atoms with Crippen molar-refractivity contribution in [1.29, 1.82) is 5.26 Å². The molecule has 0 aromatic heterocycles. The van der Waals surface area contributed by atoms with E-state index >= 15 is 0 Å². The summed E-state index contributed by atoms with van der Waals surface area (Å²) in [5.41, 5.74) is 0.503. The number of para-hydroxylation sites is 1. The highest BCUT2D eigenvalue weighted by molar-refractivity contribution is 7.95. The lowest BCUT2D eigenvalue weighted by molar-refractivity contribution is 0.603. The summed E-state index contributed by atoms with van der Waals surface area (Å²) >= 11 is 11.7. The van der Waals surface area contributed by atoms with E-state index in [0.717, 1.165) is 6.20 Å². The SMILES string of the molecule is N#CC(=CNc1ccccc1Cl)S(=O)(=O)c1ccc(Cl)cc1. The molecule has 0 fully saturated rings. The van der Waals surface area contributed by atoms with Crippen LogP contribution < -0.4 is 5.32 Å². The van der Waals surface area contributed by atoms with Crippen LogP contribution in [0.4, 0.5) is 5.69 Å². The maximum atomic E-state index is 12.4. The molecule has 0 heterocycles. The van der Waals surface area contributed by atoms with Crippen LogP contribution in [0.5, 0.6) is 0 Å². The molecular weight excluding hydrogens is 343 g/mol. The molecule has 2 aromatic rings. The fraction of sp³-hybridized carbons (Fsp3) is 0. The van der Waals surface area contributed by atoms with E-state index in [1.165, 1.54) is 24.3 Å². The molecule has 1 N–H and O–H groups in total. The van der Waals surface area contributed by atoms with Crippen LogP contribution in [0.25, 0.3) is 0 Å². The number of nitriles is 1. The number of allylic oxidation sites excluding steroid dienone is 1. The summed E-state index contributed by atoms with van der Waals surface area (Å²) in [4.78, 5) is -0.430. The van der Waals surface area contributed by atoms with Crippen molar-refractivity contribution in [2.75, 3.05) is 5.32 Å². The summed E-state index contributed by atoms with van der Waals surface area (Å²) in [6, 6.07) is 14.1. The first-order valence-corrected chi connectivity index (χ1v) is 8.31. The molecular formula is C15H10Cl2N2O2S. The van der Waals surface area contributed by atoms with Gasteiger partial charge in [0.15, 0.2) is 4.91 Å². The summed E-state index contributed by atoms with van der Waals surface area (Å²) in [6.07, 6.45) is 1.12. The van der Waals surface area contributed by atoms with Crippen LogP contribution in [-0.4, -0.2) is 8.42 Å². The molecule has 22 heavy (non-hydrogen) atoms. The van der Waals surface area contributed by atoms with Gasteiger partial charge in [-0.15, -0.1) is 0 Å². The van der Waals surface area contributed by atoms with Crippen LogP contribution in [-0.2, 0) is 9.84 Å². The predicted octanol–water partition coefficient (Wildman–Crippen LogP) is 4.24. The number of hydrogen-bond donors (Lipinski definition) is 1. The molecule has 112 valence electrons. The second-order valence-corrected chi connectivity index (χ2v) is 6.96. The Morgan fingerprint density at radius 1 is 1.09 bits per heavy atom. The molecule has 0 unspecified atom stereocenters. The zero-order valence-electron chi connectivity index (χ0n) is 11.1. The molecule has 2 aromatic carbocycles. The average Bonchev–Trinajstić information content (AvgIpc) is 2.50. The molecule has 0 aliphatic heterocycles. The molecule has 7 heteroatoms. The van der Waals surface area contributed by atoms with Gasteiger partial charge in [0.05, 0.1) is 15.6 Å². The Bertz CT molecular complexity index is 854. The van der Waals surface area contributed by atoms with E-state index in [-0.39, 0.29) is 4.90 Å². The van der Waals surface area contributed by atoms with Crippen LogP contribution in [0.15, 0.2) is 64.5 Å². The van der Waals surface area contributed by atoms with E-state index in [2.05, 4.69) is 5.32 Å². The van der Waals surface area contributed by atoms with Crippen molar-refractivity contribution < 1.29 is 8.42 Å². The van der Waals surface area contributed by atoms with Gasteiger partial charge >= 0.3 is 0 Å². The van der Waals surface area contributed by atoms with Crippen LogP contribution in [0.3, 0.4) is 0 Å². The van der Waals surface area contributed by atoms with Crippen molar-refractivity contribution in [3.63, 3.8) is 0 Å². The fourth-order valence-electron chi connectivity index (χ4n) is 1.63. The zero-order chi connectivity index (χ0) is 16.2. The molecule has 0 bridgehead atoms. The summed E-state index contributed by atoms with van der Waals surface area (Å²) < 4.78 is 24.7. The number of anilines is 1. The van der Waals surface area contributed by atoms with Gasteiger partial charge < -0.3 is 5.32 Å². The summed E-state index contributed by atoms with van der Waals surface area (Å²) in [6.45, 7) is 0. The minimum atomic E-state index is -3.92. The Kier molecular flexibility index (Phi) is 5.09. The van der Waals surface area contributed by atoms with E-state index in [0.29, 0.717) is 15.7 Å². The molecule has 0 atom stereocenters. The highest BCUT2D eigenvalue weighted by Crippen LogP contribution is 2.23. The third kappa shape index (κ3) is 3.60. The Morgan fingerprint density at radius 3 is 2.32 bits per heavy atom. The van der Waals surface area contributed by atoms with E-state index in [1.54, 1.807) is 30.3 Å².